The summed E-state index contributed by atoms with van der Waals surface area (Å²) in [5.41, 5.74) is 10.2. The first-order valence-corrected chi connectivity index (χ1v) is 7.16. The summed E-state index contributed by atoms with van der Waals surface area (Å²) in [5, 5.41) is 39.4. The van der Waals surface area contributed by atoms with Crippen molar-refractivity contribution in [3.63, 3.8) is 0 Å². The number of aliphatic hydroxyl groups is 4. The van der Waals surface area contributed by atoms with Crippen LogP contribution in [0.4, 0.5) is 17.5 Å². The molecule has 0 amide bonds. The van der Waals surface area contributed by atoms with Gasteiger partial charge in [0.05, 0.1) is 12.7 Å². The fraction of sp³-hybridized carbons (Fsp3) is 0.538. The second kappa shape index (κ2) is 7.15. The van der Waals surface area contributed by atoms with E-state index in [2.05, 4.69) is 16.5 Å². The summed E-state index contributed by atoms with van der Waals surface area (Å²) in [7, 11) is 0. The maximum atomic E-state index is 11.8. The molecule has 11 nitrogen and oxygen atoms in total. The summed E-state index contributed by atoms with van der Waals surface area (Å²) in [6.45, 7) is 2.96. The first kappa shape index (κ1) is 18.2. The van der Waals surface area contributed by atoms with Crippen molar-refractivity contribution in [2.45, 2.75) is 37.1 Å². The molecule has 2 heterocycles. The molecule has 0 radical (unpaired) electrons. The van der Waals surface area contributed by atoms with Crippen LogP contribution in [0, 0.1) is 0 Å². The molecule has 0 aromatic carbocycles. The number of ether oxygens (including phenoxy) is 1. The number of aliphatic hydroxyl groups excluding tert-OH is 4. The van der Waals surface area contributed by atoms with Crippen LogP contribution in [-0.4, -0.2) is 67.6 Å². The van der Waals surface area contributed by atoms with Crippen LogP contribution in [0.1, 0.15) is 6.42 Å². The van der Waals surface area contributed by atoms with Gasteiger partial charge in [0.1, 0.15) is 24.0 Å². The molecule has 11 heteroatoms. The Labute approximate surface area is 136 Å². The lowest BCUT2D eigenvalue weighted by Crippen LogP contribution is -2.46. The van der Waals surface area contributed by atoms with Crippen LogP contribution < -0.4 is 21.9 Å². The van der Waals surface area contributed by atoms with Gasteiger partial charge in [0, 0.05) is 12.6 Å². The smallest absolute Gasteiger partial charge is 0.277 e. The van der Waals surface area contributed by atoms with Crippen molar-refractivity contribution in [1.82, 2.24) is 9.97 Å². The fourth-order valence-electron chi connectivity index (χ4n) is 2.50. The number of nitrogens with zero attached hydrogens (tertiary/aromatic N) is 2. The maximum absolute atomic E-state index is 11.8. The van der Waals surface area contributed by atoms with Gasteiger partial charge < -0.3 is 41.5 Å². The van der Waals surface area contributed by atoms with Gasteiger partial charge in [-0.25, -0.2) is 0 Å². The van der Waals surface area contributed by atoms with E-state index in [-0.39, 0.29) is 23.9 Å². The zero-order valence-electron chi connectivity index (χ0n) is 12.7. The van der Waals surface area contributed by atoms with Gasteiger partial charge >= 0.3 is 0 Å². The quantitative estimate of drug-likeness (QED) is 0.298. The number of nitrogens with one attached hydrogen (secondary N) is 1. The van der Waals surface area contributed by atoms with Crippen LogP contribution in [0.15, 0.2) is 17.6 Å². The van der Waals surface area contributed by atoms with E-state index in [1.54, 1.807) is 0 Å². The van der Waals surface area contributed by atoms with Crippen LogP contribution in [0.5, 0.6) is 0 Å². The Bertz CT molecular complexity index is 652. The minimum absolute atomic E-state index is 0.113. The molecular formula is C13H21N5O6. The molecule has 1 aliphatic rings. The Balaban J connectivity index is 2.45. The van der Waals surface area contributed by atoms with Crippen LogP contribution >= 0.6 is 0 Å². The van der Waals surface area contributed by atoms with Crippen molar-refractivity contribution in [3.8, 4) is 0 Å². The highest BCUT2D eigenvalue weighted by Crippen LogP contribution is 2.28. The van der Waals surface area contributed by atoms with E-state index in [1.807, 2.05) is 0 Å². The normalized spacial score (nSPS) is 30.6. The zero-order valence-corrected chi connectivity index (χ0v) is 12.7. The molecule has 0 unspecified atom stereocenters. The van der Waals surface area contributed by atoms with Crippen LogP contribution in [-0.2, 0) is 4.74 Å². The lowest BCUT2D eigenvalue weighted by atomic mass is 10.0. The second-order valence-corrected chi connectivity index (χ2v) is 5.39. The van der Waals surface area contributed by atoms with Crippen molar-refractivity contribution in [2.24, 2.45) is 0 Å². The maximum Gasteiger partial charge on any atom is 0.277 e. The van der Waals surface area contributed by atoms with Gasteiger partial charge in [0.15, 0.2) is 12.0 Å². The standard InChI is InChI=1S/C13H21N5O6/c1-2-18(10-8(14)11(23)17-13(15)16-10)12-6(21)3-5(20)9(22)7(4-19)24-12/h2,5-7,9,12,19-22H,1,3-4,14H2,(H3,15,16,17,23)/t5-,6-,7-,9+,12-/m1/s1. The third-order valence-electron chi connectivity index (χ3n) is 3.75. The van der Waals surface area contributed by atoms with Gasteiger partial charge in [-0.1, -0.05) is 6.58 Å². The average Bonchev–Trinajstić information content (AvgIpc) is 2.63. The molecule has 0 aliphatic carbocycles. The number of aromatic nitrogens is 2. The van der Waals surface area contributed by atoms with E-state index in [1.165, 1.54) is 6.20 Å². The van der Waals surface area contributed by atoms with Gasteiger partial charge in [0.2, 0.25) is 5.95 Å². The lowest BCUT2D eigenvalue weighted by Gasteiger charge is -2.33. The Morgan fingerprint density at radius 3 is 2.62 bits per heavy atom. The highest BCUT2D eigenvalue weighted by Gasteiger charge is 2.40. The minimum Gasteiger partial charge on any atom is -0.394 e. The van der Waals surface area contributed by atoms with Gasteiger partial charge in [-0.05, 0) is 0 Å². The monoisotopic (exact) mass is 343 g/mol. The number of aromatic amines is 1. The van der Waals surface area contributed by atoms with Gasteiger partial charge in [-0.2, -0.15) is 4.98 Å². The zero-order chi connectivity index (χ0) is 18.0. The van der Waals surface area contributed by atoms with Crippen molar-refractivity contribution in [1.29, 1.82) is 0 Å². The Morgan fingerprint density at radius 1 is 1.38 bits per heavy atom. The predicted molar refractivity (Wildman–Crippen MR) is 84.7 cm³/mol. The Hall–Kier alpha value is -2.18. The second-order valence-electron chi connectivity index (χ2n) is 5.39. The molecule has 2 rings (SSSR count). The molecule has 1 aromatic heterocycles. The average molecular weight is 343 g/mol. The summed E-state index contributed by atoms with van der Waals surface area (Å²) < 4.78 is 5.49. The SMILES string of the molecule is C=CN(c1nc(N)[nH]c(=O)c1N)[C@@H]1O[C@H](CO)[C@@H](O)[C@H](O)C[C@H]1O. The van der Waals surface area contributed by atoms with E-state index in [0.29, 0.717) is 0 Å². The van der Waals surface area contributed by atoms with Crippen molar-refractivity contribution in [3.05, 3.63) is 23.1 Å². The summed E-state index contributed by atoms with van der Waals surface area (Å²) in [6, 6.07) is 0. The molecule has 5 atom stereocenters. The van der Waals surface area contributed by atoms with Crippen molar-refractivity contribution >= 4 is 17.5 Å². The molecule has 24 heavy (non-hydrogen) atoms. The van der Waals surface area contributed by atoms with Crippen LogP contribution in [0.3, 0.4) is 0 Å². The number of nitrogen functional groups attached to an aromatic ring is 2. The number of hydrogen-bond donors (Lipinski definition) is 7. The molecular weight excluding hydrogens is 322 g/mol. The molecule has 0 saturated carbocycles. The van der Waals surface area contributed by atoms with Crippen LogP contribution in [0.25, 0.3) is 0 Å². The van der Waals surface area contributed by atoms with Gasteiger partial charge in [-0.15, -0.1) is 0 Å². The first-order chi connectivity index (χ1) is 11.3. The number of nitrogens with two attached hydrogens (primary N) is 2. The third kappa shape index (κ3) is 3.34. The number of rotatable bonds is 4. The van der Waals surface area contributed by atoms with E-state index >= 15 is 0 Å². The largest absolute Gasteiger partial charge is 0.394 e. The van der Waals surface area contributed by atoms with Crippen molar-refractivity contribution in [2.75, 3.05) is 23.0 Å². The van der Waals surface area contributed by atoms with E-state index in [4.69, 9.17) is 16.2 Å². The summed E-state index contributed by atoms with van der Waals surface area (Å²) in [6.07, 6.45) is -5.47. The molecule has 134 valence electrons. The molecule has 9 N–H and O–H groups in total. The summed E-state index contributed by atoms with van der Waals surface area (Å²) in [5.74, 6) is -0.323. The number of anilines is 3. The summed E-state index contributed by atoms with van der Waals surface area (Å²) >= 11 is 0. The highest BCUT2D eigenvalue weighted by molar-refractivity contribution is 5.64. The van der Waals surface area contributed by atoms with Crippen molar-refractivity contribution < 1.29 is 25.2 Å². The highest BCUT2D eigenvalue weighted by atomic mass is 16.5. The Morgan fingerprint density at radius 2 is 2.04 bits per heavy atom. The van der Waals surface area contributed by atoms with Crippen LogP contribution in [0.2, 0.25) is 0 Å². The first-order valence-electron chi connectivity index (χ1n) is 7.16. The third-order valence-corrected chi connectivity index (χ3v) is 3.75. The predicted octanol–water partition coefficient (Wildman–Crippen LogP) is -2.93. The van der Waals surface area contributed by atoms with E-state index in [9.17, 15) is 25.2 Å². The fourth-order valence-corrected chi connectivity index (χ4v) is 2.50. The molecule has 1 saturated heterocycles. The molecule has 0 bridgehead atoms. The van der Waals surface area contributed by atoms with E-state index in [0.717, 1.165) is 4.90 Å². The van der Waals surface area contributed by atoms with E-state index < -0.39 is 42.8 Å². The number of H-pyrrole nitrogens is 1. The lowest BCUT2D eigenvalue weighted by molar-refractivity contribution is -0.119. The number of hydrogen-bond acceptors (Lipinski definition) is 10. The molecule has 1 aliphatic heterocycles. The molecule has 1 aromatic rings. The topological polar surface area (TPSA) is 191 Å². The molecule has 1 fully saturated rings. The Kier molecular flexibility index (Phi) is 5.41. The van der Waals surface area contributed by atoms with Gasteiger partial charge in [-0.3, -0.25) is 9.78 Å². The summed E-state index contributed by atoms with van der Waals surface area (Å²) in [4.78, 5) is 19.0. The van der Waals surface area contributed by atoms with Gasteiger partial charge in [0.25, 0.3) is 5.56 Å². The molecule has 0 spiro atoms. The minimum atomic E-state index is -1.41.